The summed E-state index contributed by atoms with van der Waals surface area (Å²) >= 11 is 0. The molecule has 0 unspecified atom stereocenters. The molecular weight excluding hydrogens is 319 g/mol. The highest BCUT2D eigenvalue weighted by atomic mass is 16.7. The normalized spacial score (nSPS) is 19.4. The van der Waals surface area contributed by atoms with Gasteiger partial charge in [-0.25, -0.2) is 9.97 Å². The number of pyridine rings is 1. The van der Waals surface area contributed by atoms with Crippen molar-refractivity contribution in [3.05, 3.63) is 29.6 Å². The van der Waals surface area contributed by atoms with E-state index in [9.17, 15) is 4.79 Å². The Bertz CT molecular complexity index is 812. The van der Waals surface area contributed by atoms with Crippen molar-refractivity contribution >= 4 is 30.3 Å². The molecule has 8 heteroatoms. The van der Waals surface area contributed by atoms with Gasteiger partial charge in [-0.1, -0.05) is 6.08 Å². The number of imidazole rings is 1. The molecule has 0 spiro atoms. The van der Waals surface area contributed by atoms with E-state index in [1.165, 1.54) is 6.92 Å². The van der Waals surface area contributed by atoms with Crippen LogP contribution in [-0.4, -0.2) is 45.7 Å². The van der Waals surface area contributed by atoms with Gasteiger partial charge in [0.25, 0.3) is 0 Å². The molecule has 7 nitrogen and oxygen atoms in total. The zero-order valence-corrected chi connectivity index (χ0v) is 15.2. The molecule has 1 aliphatic heterocycles. The van der Waals surface area contributed by atoms with E-state index in [-0.39, 0.29) is 5.91 Å². The fourth-order valence-corrected chi connectivity index (χ4v) is 2.56. The van der Waals surface area contributed by atoms with Crippen molar-refractivity contribution in [2.24, 2.45) is 0 Å². The zero-order chi connectivity index (χ0) is 18.2. The lowest BCUT2D eigenvalue weighted by Crippen LogP contribution is -2.41. The molecule has 0 atom stereocenters. The standard InChI is InChI=1S/C17H23BN4O3/c1-11(23)19-9-13(18-24-16(2,3)17(4,5)25-18)6-12-7-14-15(20-8-12)22-10-21-14/h6-8,10H,9H2,1-5H3,(H,19,23)(H,20,21,22). The summed E-state index contributed by atoms with van der Waals surface area (Å²) in [4.78, 5) is 22.8. The molecule has 1 fully saturated rings. The van der Waals surface area contributed by atoms with Crippen LogP contribution in [-0.2, 0) is 14.1 Å². The molecule has 0 aliphatic carbocycles. The quantitative estimate of drug-likeness (QED) is 0.831. The van der Waals surface area contributed by atoms with Crippen LogP contribution in [0, 0.1) is 0 Å². The maximum atomic E-state index is 11.4. The third-order valence-electron chi connectivity index (χ3n) is 4.74. The SMILES string of the molecule is CC(=O)NCC(=Cc1cnc2nc[nH]c2c1)B1OC(C)(C)C(C)(C)O1. The molecular formula is C17H23BN4O3. The Morgan fingerprint density at radius 3 is 2.60 bits per heavy atom. The summed E-state index contributed by atoms with van der Waals surface area (Å²) < 4.78 is 12.2. The summed E-state index contributed by atoms with van der Waals surface area (Å²) in [6, 6.07) is 1.95. The zero-order valence-electron chi connectivity index (χ0n) is 15.2. The number of hydrogen-bond acceptors (Lipinski definition) is 5. The first-order valence-electron chi connectivity index (χ1n) is 8.28. The van der Waals surface area contributed by atoms with Gasteiger partial charge in [0.1, 0.15) is 0 Å². The van der Waals surface area contributed by atoms with E-state index in [1.807, 2.05) is 39.8 Å². The second-order valence-electron chi connectivity index (χ2n) is 7.26. The molecule has 1 amide bonds. The number of rotatable bonds is 4. The van der Waals surface area contributed by atoms with Crippen LogP contribution in [0.4, 0.5) is 0 Å². The van der Waals surface area contributed by atoms with E-state index in [2.05, 4.69) is 20.3 Å². The lowest BCUT2D eigenvalue weighted by atomic mass is 9.77. The second-order valence-corrected chi connectivity index (χ2v) is 7.26. The highest BCUT2D eigenvalue weighted by Crippen LogP contribution is 2.38. The molecule has 25 heavy (non-hydrogen) atoms. The monoisotopic (exact) mass is 342 g/mol. The van der Waals surface area contributed by atoms with Crippen LogP contribution in [0.1, 0.15) is 40.2 Å². The van der Waals surface area contributed by atoms with Gasteiger partial charge in [0.15, 0.2) is 5.65 Å². The average molecular weight is 342 g/mol. The topological polar surface area (TPSA) is 89.1 Å². The third-order valence-corrected chi connectivity index (χ3v) is 4.74. The Morgan fingerprint density at radius 1 is 1.28 bits per heavy atom. The molecule has 0 aromatic carbocycles. The lowest BCUT2D eigenvalue weighted by molar-refractivity contribution is -0.118. The van der Waals surface area contributed by atoms with Gasteiger partial charge in [-0.15, -0.1) is 0 Å². The highest BCUT2D eigenvalue weighted by molar-refractivity contribution is 6.56. The summed E-state index contributed by atoms with van der Waals surface area (Å²) in [6.45, 7) is 9.83. The number of aromatic nitrogens is 3. The van der Waals surface area contributed by atoms with Crippen molar-refractivity contribution in [1.29, 1.82) is 0 Å². The number of nitrogens with one attached hydrogen (secondary N) is 2. The average Bonchev–Trinajstić information content (AvgIpc) is 3.05. The fourth-order valence-electron chi connectivity index (χ4n) is 2.56. The van der Waals surface area contributed by atoms with E-state index in [0.29, 0.717) is 12.2 Å². The van der Waals surface area contributed by atoms with Crippen molar-refractivity contribution < 1.29 is 14.1 Å². The van der Waals surface area contributed by atoms with Gasteiger partial charge in [0, 0.05) is 19.7 Å². The van der Waals surface area contributed by atoms with Crippen molar-refractivity contribution in [2.75, 3.05) is 6.54 Å². The second kappa shape index (κ2) is 6.27. The van der Waals surface area contributed by atoms with Crippen molar-refractivity contribution in [2.45, 2.75) is 45.8 Å². The first-order chi connectivity index (χ1) is 11.7. The van der Waals surface area contributed by atoms with Crippen molar-refractivity contribution in [3.8, 4) is 0 Å². The maximum Gasteiger partial charge on any atom is 0.492 e. The molecule has 2 aromatic rings. The Kier molecular flexibility index (Phi) is 4.42. The number of H-pyrrole nitrogens is 1. The molecule has 0 saturated carbocycles. The molecule has 0 radical (unpaired) electrons. The van der Waals surface area contributed by atoms with Gasteiger partial charge >= 0.3 is 7.12 Å². The van der Waals surface area contributed by atoms with E-state index in [1.54, 1.807) is 12.5 Å². The van der Waals surface area contributed by atoms with Crippen LogP contribution in [0.3, 0.4) is 0 Å². The number of amides is 1. The van der Waals surface area contributed by atoms with Crippen LogP contribution in [0.25, 0.3) is 17.2 Å². The van der Waals surface area contributed by atoms with Crippen molar-refractivity contribution in [1.82, 2.24) is 20.3 Å². The summed E-state index contributed by atoms with van der Waals surface area (Å²) in [7, 11) is -0.533. The summed E-state index contributed by atoms with van der Waals surface area (Å²) in [5, 5.41) is 2.82. The first kappa shape index (κ1) is 17.6. The minimum atomic E-state index is -0.533. The fraction of sp³-hybridized carbons (Fsp3) is 0.471. The Hall–Kier alpha value is -2.19. The van der Waals surface area contributed by atoms with Gasteiger partial charge in [-0.2, -0.15) is 0 Å². The number of hydrogen-bond donors (Lipinski definition) is 2. The predicted molar refractivity (Wildman–Crippen MR) is 96.6 cm³/mol. The largest absolute Gasteiger partial charge is 0.492 e. The molecule has 2 aromatic heterocycles. The van der Waals surface area contributed by atoms with Gasteiger partial charge in [-0.05, 0) is 44.8 Å². The molecule has 0 bridgehead atoms. The Balaban J connectivity index is 1.92. The number of nitrogens with zero attached hydrogens (tertiary/aromatic N) is 2. The minimum absolute atomic E-state index is 0.107. The summed E-state index contributed by atoms with van der Waals surface area (Å²) in [6.07, 6.45) is 5.28. The Labute approximate surface area is 147 Å². The van der Waals surface area contributed by atoms with E-state index < -0.39 is 18.3 Å². The summed E-state index contributed by atoms with van der Waals surface area (Å²) in [5.74, 6) is -0.107. The number of carbonyl (C=O) groups is 1. The van der Waals surface area contributed by atoms with E-state index in [4.69, 9.17) is 9.31 Å². The van der Waals surface area contributed by atoms with Crippen LogP contribution in [0.5, 0.6) is 0 Å². The molecule has 3 rings (SSSR count). The maximum absolute atomic E-state index is 11.4. The first-order valence-corrected chi connectivity index (χ1v) is 8.28. The number of aromatic amines is 1. The van der Waals surface area contributed by atoms with Crippen molar-refractivity contribution in [3.63, 3.8) is 0 Å². The smallest absolute Gasteiger partial charge is 0.400 e. The molecule has 1 saturated heterocycles. The van der Waals surface area contributed by atoms with E-state index >= 15 is 0 Å². The molecule has 132 valence electrons. The Morgan fingerprint density at radius 2 is 1.96 bits per heavy atom. The van der Waals surface area contributed by atoms with Gasteiger partial charge in [0.05, 0.1) is 23.0 Å². The minimum Gasteiger partial charge on any atom is -0.400 e. The predicted octanol–water partition coefficient (Wildman–Crippen LogP) is 2.11. The van der Waals surface area contributed by atoms with Crippen LogP contribution in [0.15, 0.2) is 24.1 Å². The third kappa shape index (κ3) is 3.59. The molecule has 3 heterocycles. The summed E-state index contributed by atoms with van der Waals surface area (Å²) in [5.41, 5.74) is 2.33. The number of carbonyl (C=O) groups excluding carboxylic acids is 1. The van der Waals surface area contributed by atoms with Crippen LogP contribution < -0.4 is 5.32 Å². The molecule has 1 aliphatic rings. The van der Waals surface area contributed by atoms with Gasteiger partial charge in [0.2, 0.25) is 5.91 Å². The highest BCUT2D eigenvalue weighted by Gasteiger charge is 2.52. The van der Waals surface area contributed by atoms with Crippen LogP contribution >= 0.6 is 0 Å². The van der Waals surface area contributed by atoms with Gasteiger partial charge in [-0.3, -0.25) is 4.79 Å². The lowest BCUT2D eigenvalue weighted by Gasteiger charge is -2.32. The number of fused-ring (bicyclic) bond motifs is 1. The van der Waals surface area contributed by atoms with Gasteiger partial charge < -0.3 is 19.6 Å². The van der Waals surface area contributed by atoms with Crippen LogP contribution in [0.2, 0.25) is 0 Å². The van der Waals surface area contributed by atoms with E-state index in [0.717, 1.165) is 16.6 Å². The molecule has 2 N–H and O–H groups in total.